The number of fused-ring (bicyclic) bond motifs is 5. The van der Waals surface area contributed by atoms with E-state index in [1.165, 1.54) is 86.7 Å². The molecule has 2 aromatic carbocycles. The Balaban J connectivity index is 1.50. The Kier molecular flexibility index (Phi) is 6.65. The van der Waals surface area contributed by atoms with E-state index in [4.69, 9.17) is 0 Å². The summed E-state index contributed by atoms with van der Waals surface area (Å²) in [4.78, 5) is 16.9. The number of rotatable bonds is 5. The molecule has 1 aliphatic carbocycles. The van der Waals surface area contributed by atoms with Gasteiger partial charge in [0.15, 0.2) is 0 Å². The van der Waals surface area contributed by atoms with Crippen LogP contribution >= 0.6 is 0 Å². The van der Waals surface area contributed by atoms with Crippen molar-refractivity contribution in [2.45, 2.75) is 63.8 Å². The van der Waals surface area contributed by atoms with Gasteiger partial charge in [0, 0.05) is 48.3 Å². The van der Waals surface area contributed by atoms with Gasteiger partial charge in [-0.2, -0.15) is 5.26 Å². The molecule has 192 valence electrons. The molecule has 6 nitrogen and oxygen atoms in total. The maximum Gasteiger partial charge on any atom is 0.335 e. The van der Waals surface area contributed by atoms with Crippen LogP contribution in [0.3, 0.4) is 0 Å². The fraction of sp³-hybridized carbons (Fsp3) is 0.484. The van der Waals surface area contributed by atoms with Crippen molar-refractivity contribution < 1.29 is 9.90 Å². The average molecular weight is 497 g/mol. The van der Waals surface area contributed by atoms with Crippen LogP contribution in [0.4, 0.5) is 5.69 Å². The van der Waals surface area contributed by atoms with Crippen LogP contribution in [0.25, 0.3) is 22.2 Å². The van der Waals surface area contributed by atoms with Crippen LogP contribution in [0, 0.1) is 11.3 Å². The van der Waals surface area contributed by atoms with Gasteiger partial charge in [0.1, 0.15) is 0 Å². The first-order valence-corrected chi connectivity index (χ1v) is 14.1. The summed E-state index contributed by atoms with van der Waals surface area (Å²) in [6.07, 6.45) is 10.0. The van der Waals surface area contributed by atoms with E-state index in [2.05, 4.69) is 32.6 Å². The van der Waals surface area contributed by atoms with Crippen LogP contribution in [0.15, 0.2) is 36.4 Å². The lowest BCUT2D eigenvalue weighted by molar-refractivity contribution is 0.0697. The first-order chi connectivity index (χ1) is 18.1. The van der Waals surface area contributed by atoms with E-state index in [1.807, 2.05) is 18.2 Å². The van der Waals surface area contributed by atoms with Crippen LogP contribution in [-0.2, 0) is 6.54 Å². The van der Waals surface area contributed by atoms with E-state index in [9.17, 15) is 15.2 Å². The molecule has 3 aliphatic rings. The molecule has 0 spiro atoms. The van der Waals surface area contributed by atoms with Gasteiger partial charge in [-0.05, 0) is 80.6 Å². The second-order valence-electron chi connectivity index (χ2n) is 11.0. The summed E-state index contributed by atoms with van der Waals surface area (Å²) >= 11 is 0. The minimum absolute atomic E-state index is 0.342. The quantitative estimate of drug-likeness (QED) is 0.453. The highest BCUT2D eigenvalue weighted by atomic mass is 16.4. The van der Waals surface area contributed by atoms with Gasteiger partial charge in [0.2, 0.25) is 0 Å². The Morgan fingerprint density at radius 1 is 0.919 bits per heavy atom. The molecule has 0 amide bonds. The van der Waals surface area contributed by atoms with Gasteiger partial charge in [-0.1, -0.05) is 31.7 Å². The van der Waals surface area contributed by atoms with Crippen molar-refractivity contribution in [1.29, 1.82) is 5.26 Å². The van der Waals surface area contributed by atoms with Crippen LogP contribution in [-0.4, -0.2) is 53.3 Å². The number of carboxylic acids is 1. The Labute approximate surface area is 219 Å². The summed E-state index contributed by atoms with van der Waals surface area (Å²) in [5.74, 6) is -0.404. The van der Waals surface area contributed by atoms with Gasteiger partial charge >= 0.3 is 5.97 Å². The molecular formula is C31H36N4O2. The predicted octanol–water partition coefficient (Wildman–Crippen LogP) is 6.23. The zero-order valence-electron chi connectivity index (χ0n) is 21.6. The van der Waals surface area contributed by atoms with Gasteiger partial charge in [-0.3, -0.25) is 0 Å². The van der Waals surface area contributed by atoms with Gasteiger partial charge in [0.05, 0.1) is 22.9 Å². The topological polar surface area (TPSA) is 72.5 Å². The number of aromatic carboxylic acids is 1. The zero-order valence-corrected chi connectivity index (χ0v) is 21.6. The molecule has 3 aromatic rings. The molecular weight excluding hydrogens is 460 g/mol. The number of hydrogen-bond donors (Lipinski definition) is 1. The first-order valence-electron chi connectivity index (χ1n) is 14.1. The van der Waals surface area contributed by atoms with Gasteiger partial charge < -0.3 is 19.5 Å². The van der Waals surface area contributed by atoms with E-state index < -0.39 is 5.97 Å². The number of nitrogens with zero attached hydrogens (tertiary/aromatic N) is 4. The normalized spacial score (nSPS) is 18.7. The van der Waals surface area contributed by atoms with Crippen LogP contribution in [0.1, 0.15) is 78.8 Å². The molecule has 1 aromatic heterocycles. The standard InChI is InChI=1S/C31H36N4O2/c32-21-22-9-11-26-27(19-22)34(16-15-33-13-5-2-6-14-33)17-18-35-28-20-24(31(36)37)10-12-25(28)29(30(26)35)23-7-3-1-4-8-23/h9-12,19-20,23H,1-8,13-18H2,(H,36,37). The molecule has 1 saturated heterocycles. The van der Waals surface area contributed by atoms with E-state index >= 15 is 0 Å². The van der Waals surface area contributed by atoms with Crippen molar-refractivity contribution in [3.05, 3.63) is 53.1 Å². The van der Waals surface area contributed by atoms with E-state index in [-0.39, 0.29) is 0 Å². The second kappa shape index (κ2) is 10.2. The summed E-state index contributed by atoms with van der Waals surface area (Å²) in [6.45, 7) is 5.96. The Morgan fingerprint density at radius 3 is 2.46 bits per heavy atom. The number of piperidine rings is 1. The minimum atomic E-state index is -0.882. The van der Waals surface area contributed by atoms with Crippen molar-refractivity contribution in [3.8, 4) is 17.3 Å². The van der Waals surface area contributed by atoms with Crippen LogP contribution in [0.2, 0.25) is 0 Å². The maximum absolute atomic E-state index is 11.9. The number of nitriles is 1. The van der Waals surface area contributed by atoms with E-state index in [0.717, 1.165) is 37.4 Å². The van der Waals surface area contributed by atoms with Crippen LogP contribution < -0.4 is 4.90 Å². The zero-order chi connectivity index (χ0) is 25.4. The highest BCUT2D eigenvalue weighted by molar-refractivity contribution is 5.99. The fourth-order valence-electron chi connectivity index (χ4n) is 6.92. The molecule has 0 unspecified atom stereocenters. The summed E-state index contributed by atoms with van der Waals surface area (Å²) in [5.41, 5.74) is 7.02. The smallest absolute Gasteiger partial charge is 0.335 e. The lowest BCUT2D eigenvalue weighted by atomic mass is 9.81. The molecule has 1 saturated carbocycles. The Morgan fingerprint density at radius 2 is 1.70 bits per heavy atom. The number of carboxylic acid groups (broad SMARTS) is 1. The fourth-order valence-corrected chi connectivity index (χ4v) is 6.92. The predicted molar refractivity (Wildman–Crippen MR) is 147 cm³/mol. The number of hydrogen-bond acceptors (Lipinski definition) is 4. The number of likely N-dealkylation sites (tertiary alicyclic amines) is 1. The largest absolute Gasteiger partial charge is 0.478 e. The molecule has 2 fully saturated rings. The molecule has 2 aliphatic heterocycles. The SMILES string of the molecule is N#Cc1ccc2c(c1)N(CCN1CCCCC1)CCn1c-2c(C2CCCCC2)c2ccc(C(=O)O)cc21. The Hall–Kier alpha value is -3.30. The van der Waals surface area contributed by atoms with Gasteiger partial charge in [-0.25, -0.2) is 4.79 Å². The molecule has 0 bridgehead atoms. The minimum Gasteiger partial charge on any atom is -0.478 e. The second-order valence-corrected chi connectivity index (χ2v) is 11.0. The third-order valence-electron chi connectivity index (χ3n) is 8.82. The van der Waals surface area contributed by atoms with Crippen molar-refractivity contribution in [2.75, 3.05) is 37.6 Å². The third kappa shape index (κ3) is 4.51. The third-order valence-corrected chi connectivity index (χ3v) is 8.82. The molecule has 6 heteroatoms. The van der Waals surface area contributed by atoms with E-state index in [1.54, 1.807) is 6.07 Å². The molecule has 0 radical (unpaired) electrons. The summed E-state index contributed by atoms with van der Waals surface area (Å²) in [5, 5.41) is 20.7. The van der Waals surface area contributed by atoms with Crippen molar-refractivity contribution in [3.63, 3.8) is 0 Å². The Bertz CT molecular complexity index is 1360. The first kappa shape index (κ1) is 24.1. The van der Waals surface area contributed by atoms with E-state index in [0.29, 0.717) is 17.0 Å². The monoisotopic (exact) mass is 496 g/mol. The summed E-state index contributed by atoms with van der Waals surface area (Å²) < 4.78 is 2.39. The average Bonchev–Trinajstić information content (AvgIpc) is 3.18. The van der Waals surface area contributed by atoms with Gasteiger partial charge in [-0.15, -0.1) is 0 Å². The lowest BCUT2D eigenvalue weighted by Crippen LogP contribution is -2.38. The molecule has 6 rings (SSSR count). The van der Waals surface area contributed by atoms with Crippen molar-refractivity contribution >= 4 is 22.6 Å². The highest BCUT2D eigenvalue weighted by Crippen LogP contribution is 2.47. The van der Waals surface area contributed by atoms with Gasteiger partial charge in [0.25, 0.3) is 0 Å². The highest BCUT2D eigenvalue weighted by Gasteiger charge is 2.31. The molecule has 0 atom stereocenters. The number of benzene rings is 2. The number of aromatic nitrogens is 1. The molecule has 3 heterocycles. The number of carbonyl (C=O) groups is 1. The summed E-state index contributed by atoms with van der Waals surface area (Å²) in [6, 6.07) is 14.2. The molecule has 1 N–H and O–H groups in total. The maximum atomic E-state index is 11.9. The van der Waals surface area contributed by atoms with Crippen molar-refractivity contribution in [1.82, 2.24) is 9.47 Å². The lowest BCUT2D eigenvalue weighted by Gasteiger charge is -2.31. The van der Waals surface area contributed by atoms with Crippen molar-refractivity contribution in [2.24, 2.45) is 0 Å². The summed E-state index contributed by atoms with van der Waals surface area (Å²) in [7, 11) is 0. The molecule has 37 heavy (non-hydrogen) atoms. The number of anilines is 1. The van der Waals surface area contributed by atoms with Crippen LogP contribution in [0.5, 0.6) is 0 Å².